The molecular formula is C21H27N3O4. The Balaban J connectivity index is 1.53. The van der Waals surface area contributed by atoms with Gasteiger partial charge in [-0.2, -0.15) is 0 Å². The van der Waals surface area contributed by atoms with Crippen LogP contribution in [0, 0.1) is 5.92 Å². The highest BCUT2D eigenvalue weighted by Crippen LogP contribution is 2.25. The summed E-state index contributed by atoms with van der Waals surface area (Å²) in [7, 11) is 0. The van der Waals surface area contributed by atoms with Gasteiger partial charge >= 0.3 is 0 Å². The molecule has 1 aliphatic carbocycles. The molecule has 7 nitrogen and oxygen atoms in total. The lowest BCUT2D eigenvalue weighted by molar-refractivity contribution is -0.124. The Hall–Kier alpha value is -2.70. The molecule has 0 radical (unpaired) electrons. The van der Waals surface area contributed by atoms with E-state index in [1.165, 1.54) is 17.0 Å². The number of imide groups is 1. The number of carbonyl (C=O) groups excluding carboxylic acids is 4. The van der Waals surface area contributed by atoms with Crippen LogP contribution in [0.5, 0.6) is 0 Å². The Morgan fingerprint density at radius 3 is 2.43 bits per heavy atom. The molecule has 0 spiro atoms. The van der Waals surface area contributed by atoms with E-state index in [9.17, 15) is 19.2 Å². The fraction of sp³-hybridized carbons (Fsp3) is 0.524. The summed E-state index contributed by atoms with van der Waals surface area (Å²) < 4.78 is 0. The fourth-order valence-corrected chi connectivity index (χ4v) is 3.75. The summed E-state index contributed by atoms with van der Waals surface area (Å²) in [5.41, 5.74) is 0.962. The van der Waals surface area contributed by atoms with E-state index < -0.39 is 0 Å². The first kappa shape index (κ1) is 20.0. The first-order valence-corrected chi connectivity index (χ1v) is 10.1. The largest absolute Gasteiger partial charge is 0.354 e. The summed E-state index contributed by atoms with van der Waals surface area (Å²) in [5.74, 6) is -0.806. The fourth-order valence-electron chi connectivity index (χ4n) is 3.75. The smallest absolute Gasteiger partial charge is 0.261 e. The van der Waals surface area contributed by atoms with E-state index in [2.05, 4.69) is 10.6 Å². The van der Waals surface area contributed by atoms with Gasteiger partial charge in [-0.1, -0.05) is 26.2 Å². The number of nitrogens with zero attached hydrogens (tertiary/aromatic N) is 1. The molecule has 0 saturated heterocycles. The molecule has 0 unspecified atom stereocenters. The van der Waals surface area contributed by atoms with E-state index in [0.717, 1.165) is 38.5 Å². The van der Waals surface area contributed by atoms with E-state index in [0.29, 0.717) is 30.8 Å². The van der Waals surface area contributed by atoms with E-state index in [-0.39, 0.29) is 35.1 Å². The molecule has 1 heterocycles. The van der Waals surface area contributed by atoms with Gasteiger partial charge in [-0.05, 0) is 37.5 Å². The number of carbonyl (C=O) groups is 4. The number of unbranched alkanes of at least 4 members (excludes halogenated alkanes) is 1. The molecule has 7 heteroatoms. The molecule has 3 rings (SSSR count). The quantitative estimate of drug-likeness (QED) is 0.529. The van der Waals surface area contributed by atoms with Crippen LogP contribution in [0.1, 0.15) is 76.5 Å². The topological polar surface area (TPSA) is 95.6 Å². The van der Waals surface area contributed by atoms with Crippen molar-refractivity contribution in [3.8, 4) is 0 Å². The second-order valence-corrected chi connectivity index (χ2v) is 7.40. The van der Waals surface area contributed by atoms with Crippen LogP contribution in [0.25, 0.3) is 0 Å². The summed E-state index contributed by atoms with van der Waals surface area (Å²) in [4.78, 5) is 50.4. The van der Waals surface area contributed by atoms with Crippen molar-refractivity contribution in [1.82, 2.24) is 15.5 Å². The molecule has 4 amide bonds. The molecule has 0 bridgehead atoms. The number of nitrogens with one attached hydrogen (secondary N) is 2. The zero-order chi connectivity index (χ0) is 20.1. The van der Waals surface area contributed by atoms with E-state index in [1.807, 2.05) is 6.92 Å². The summed E-state index contributed by atoms with van der Waals surface area (Å²) >= 11 is 0. The lowest BCUT2D eigenvalue weighted by Gasteiger charge is -2.12. The van der Waals surface area contributed by atoms with Gasteiger partial charge in [-0.3, -0.25) is 24.1 Å². The Morgan fingerprint density at radius 1 is 1.04 bits per heavy atom. The molecule has 0 atom stereocenters. The predicted octanol–water partition coefficient (Wildman–Crippen LogP) is 2.12. The molecule has 2 N–H and O–H groups in total. The third-order valence-corrected chi connectivity index (χ3v) is 5.40. The Labute approximate surface area is 164 Å². The van der Waals surface area contributed by atoms with Crippen molar-refractivity contribution < 1.29 is 19.2 Å². The maximum absolute atomic E-state index is 12.5. The predicted molar refractivity (Wildman–Crippen MR) is 104 cm³/mol. The average Bonchev–Trinajstić information content (AvgIpc) is 3.32. The van der Waals surface area contributed by atoms with Crippen LogP contribution in [0.3, 0.4) is 0 Å². The molecule has 1 aromatic rings. The maximum atomic E-state index is 12.5. The number of amides is 4. The Bertz CT molecular complexity index is 784. The van der Waals surface area contributed by atoms with Crippen LogP contribution in [0.2, 0.25) is 0 Å². The minimum absolute atomic E-state index is 0.0561. The monoisotopic (exact) mass is 385 g/mol. The lowest BCUT2D eigenvalue weighted by Crippen LogP contribution is -2.37. The minimum atomic E-state index is -0.341. The molecule has 150 valence electrons. The summed E-state index contributed by atoms with van der Waals surface area (Å²) in [6.45, 7) is 3.07. The highest BCUT2D eigenvalue weighted by molar-refractivity contribution is 6.22. The summed E-state index contributed by atoms with van der Waals surface area (Å²) in [5, 5.41) is 5.60. The maximum Gasteiger partial charge on any atom is 0.261 e. The van der Waals surface area contributed by atoms with Crippen LogP contribution in [-0.4, -0.2) is 48.2 Å². The highest BCUT2D eigenvalue weighted by atomic mass is 16.2. The number of hydrogen-bond donors (Lipinski definition) is 2. The van der Waals surface area contributed by atoms with E-state index >= 15 is 0 Å². The van der Waals surface area contributed by atoms with Crippen molar-refractivity contribution in [2.45, 2.75) is 45.4 Å². The van der Waals surface area contributed by atoms with Gasteiger partial charge in [0.2, 0.25) is 5.91 Å². The standard InChI is InChI=1S/C21H27N3O4/c1-2-3-12-24-20(27)16-9-8-15(13-17(16)21(24)28)19(26)23-11-10-22-18(25)14-6-4-5-7-14/h8-9,13-14H,2-7,10-12H2,1H3,(H,22,25)(H,23,26). The van der Waals surface area contributed by atoms with Crippen molar-refractivity contribution in [2.24, 2.45) is 5.92 Å². The van der Waals surface area contributed by atoms with Gasteiger partial charge in [-0.15, -0.1) is 0 Å². The van der Waals surface area contributed by atoms with Crippen LogP contribution < -0.4 is 10.6 Å². The van der Waals surface area contributed by atoms with Crippen molar-refractivity contribution >= 4 is 23.6 Å². The minimum Gasteiger partial charge on any atom is -0.354 e. The second-order valence-electron chi connectivity index (χ2n) is 7.40. The molecule has 1 fully saturated rings. The first-order valence-electron chi connectivity index (χ1n) is 10.1. The van der Waals surface area contributed by atoms with E-state index in [4.69, 9.17) is 0 Å². The molecule has 2 aliphatic rings. The van der Waals surface area contributed by atoms with Crippen LogP contribution in [0.15, 0.2) is 18.2 Å². The molecule has 1 saturated carbocycles. The third kappa shape index (κ3) is 4.24. The lowest BCUT2D eigenvalue weighted by atomic mass is 10.1. The Morgan fingerprint density at radius 2 is 1.71 bits per heavy atom. The van der Waals surface area contributed by atoms with Crippen LogP contribution in [0.4, 0.5) is 0 Å². The van der Waals surface area contributed by atoms with Crippen molar-refractivity contribution in [1.29, 1.82) is 0 Å². The number of benzene rings is 1. The van der Waals surface area contributed by atoms with Gasteiger partial charge in [-0.25, -0.2) is 0 Å². The average molecular weight is 385 g/mol. The van der Waals surface area contributed by atoms with Crippen LogP contribution >= 0.6 is 0 Å². The highest BCUT2D eigenvalue weighted by Gasteiger charge is 2.35. The number of hydrogen-bond acceptors (Lipinski definition) is 4. The van der Waals surface area contributed by atoms with Crippen molar-refractivity contribution in [3.05, 3.63) is 34.9 Å². The van der Waals surface area contributed by atoms with Crippen LogP contribution in [-0.2, 0) is 4.79 Å². The van der Waals surface area contributed by atoms with Crippen molar-refractivity contribution in [2.75, 3.05) is 19.6 Å². The van der Waals surface area contributed by atoms with Crippen molar-refractivity contribution in [3.63, 3.8) is 0 Å². The zero-order valence-electron chi connectivity index (χ0n) is 16.3. The molecule has 0 aromatic heterocycles. The van der Waals surface area contributed by atoms with Gasteiger partial charge < -0.3 is 10.6 Å². The van der Waals surface area contributed by atoms with Gasteiger partial charge in [0.1, 0.15) is 0 Å². The van der Waals surface area contributed by atoms with Gasteiger partial charge in [0.05, 0.1) is 11.1 Å². The summed E-state index contributed by atoms with van der Waals surface area (Å²) in [6.07, 6.45) is 5.73. The van der Waals surface area contributed by atoms with Gasteiger partial charge in [0.15, 0.2) is 0 Å². The Kier molecular flexibility index (Phi) is 6.44. The SMILES string of the molecule is CCCCN1C(=O)c2ccc(C(=O)NCCNC(=O)C3CCCC3)cc2C1=O. The number of rotatable bonds is 8. The molecule has 1 aliphatic heterocycles. The van der Waals surface area contributed by atoms with Gasteiger partial charge in [0.25, 0.3) is 17.7 Å². The zero-order valence-corrected chi connectivity index (χ0v) is 16.3. The van der Waals surface area contributed by atoms with E-state index in [1.54, 1.807) is 6.07 Å². The normalized spacial score (nSPS) is 16.4. The molecule has 1 aromatic carbocycles. The third-order valence-electron chi connectivity index (χ3n) is 5.40. The van der Waals surface area contributed by atoms with Gasteiger partial charge in [0, 0.05) is 31.1 Å². The molecule has 28 heavy (non-hydrogen) atoms. The molecular weight excluding hydrogens is 358 g/mol. The summed E-state index contributed by atoms with van der Waals surface area (Å²) in [6, 6.07) is 4.58. The first-order chi connectivity index (χ1) is 13.5. The second kappa shape index (κ2) is 8.99. The number of fused-ring (bicyclic) bond motifs is 1.